The summed E-state index contributed by atoms with van der Waals surface area (Å²) in [6.45, 7) is 4.65. The average molecular weight is 394 g/mol. The van der Waals surface area contributed by atoms with E-state index in [9.17, 15) is 9.59 Å². The lowest BCUT2D eigenvalue weighted by Crippen LogP contribution is -2.42. The van der Waals surface area contributed by atoms with Gasteiger partial charge in [0.05, 0.1) is 12.1 Å². The van der Waals surface area contributed by atoms with Crippen LogP contribution in [-0.2, 0) is 11.2 Å². The minimum absolute atomic E-state index is 0.00732. The zero-order valence-corrected chi connectivity index (χ0v) is 16.9. The molecule has 2 amide bonds. The van der Waals surface area contributed by atoms with E-state index in [1.165, 1.54) is 5.56 Å². The molecule has 5 nitrogen and oxygen atoms in total. The third-order valence-electron chi connectivity index (χ3n) is 5.24. The quantitative estimate of drug-likeness (QED) is 0.732. The number of hydrogen-bond donors (Lipinski definition) is 1. The number of nitrogens with zero attached hydrogens (tertiary/aromatic N) is 2. The Morgan fingerprint density at radius 2 is 1.86 bits per heavy atom. The predicted octanol–water partition coefficient (Wildman–Crippen LogP) is 3.86. The summed E-state index contributed by atoms with van der Waals surface area (Å²) in [7, 11) is 0. The van der Waals surface area contributed by atoms with Crippen LogP contribution in [-0.4, -0.2) is 29.5 Å². The van der Waals surface area contributed by atoms with Gasteiger partial charge in [0, 0.05) is 29.5 Å². The number of carbonyl (C=O) groups is 2. The first-order valence-corrected chi connectivity index (χ1v) is 10.3. The highest BCUT2D eigenvalue weighted by Crippen LogP contribution is 2.31. The van der Waals surface area contributed by atoms with Crippen molar-refractivity contribution >= 4 is 28.8 Å². The number of para-hydroxylation sites is 1. The van der Waals surface area contributed by atoms with Gasteiger partial charge in [-0.3, -0.25) is 9.59 Å². The molecule has 1 aliphatic rings. The molecule has 0 bridgehead atoms. The SMILES string of the molecule is Cc1sc(-n2cccc2)c(C(=O)NCC(=O)N2CCCc3ccccc32)c1C. The fourth-order valence-electron chi connectivity index (χ4n) is 3.66. The predicted molar refractivity (Wildman–Crippen MR) is 113 cm³/mol. The fourth-order valence-corrected chi connectivity index (χ4v) is 4.78. The molecule has 1 aliphatic heterocycles. The highest BCUT2D eigenvalue weighted by atomic mass is 32.1. The molecular weight excluding hydrogens is 370 g/mol. The summed E-state index contributed by atoms with van der Waals surface area (Å²) in [5.41, 5.74) is 3.75. The number of carbonyl (C=O) groups excluding carboxylic acids is 2. The Hall–Kier alpha value is -2.86. The van der Waals surface area contributed by atoms with Gasteiger partial charge >= 0.3 is 0 Å². The Balaban J connectivity index is 1.51. The van der Waals surface area contributed by atoms with Crippen molar-refractivity contribution < 1.29 is 9.59 Å². The minimum atomic E-state index is -0.204. The van der Waals surface area contributed by atoms with Gasteiger partial charge in [-0.05, 0) is 56.0 Å². The summed E-state index contributed by atoms with van der Waals surface area (Å²) in [5, 5.41) is 3.73. The van der Waals surface area contributed by atoms with Crippen LogP contribution in [0, 0.1) is 13.8 Å². The van der Waals surface area contributed by atoms with E-state index < -0.39 is 0 Å². The number of aryl methyl sites for hydroxylation is 2. The average Bonchev–Trinajstić information content (AvgIpc) is 3.34. The van der Waals surface area contributed by atoms with Crippen molar-refractivity contribution in [3.63, 3.8) is 0 Å². The van der Waals surface area contributed by atoms with E-state index in [1.807, 2.05) is 61.1 Å². The number of hydrogen-bond acceptors (Lipinski definition) is 3. The Bertz CT molecular complexity index is 1020. The molecule has 0 aliphatic carbocycles. The third kappa shape index (κ3) is 3.36. The van der Waals surface area contributed by atoms with Crippen molar-refractivity contribution in [2.24, 2.45) is 0 Å². The number of fused-ring (bicyclic) bond motifs is 1. The fraction of sp³-hybridized carbons (Fsp3) is 0.273. The Morgan fingerprint density at radius 1 is 1.11 bits per heavy atom. The second-order valence-electron chi connectivity index (χ2n) is 7.01. The lowest BCUT2D eigenvalue weighted by molar-refractivity contribution is -0.117. The Morgan fingerprint density at radius 3 is 2.64 bits per heavy atom. The van der Waals surface area contributed by atoms with Crippen LogP contribution < -0.4 is 10.2 Å². The van der Waals surface area contributed by atoms with Crippen molar-refractivity contribution in [2.45, 2.75) is 26.7 Å². The Labute approximate surface area is 168 Å². The molecule has 0 saturated heterocycles. The highest BCUT2D eigenvalue weighted by Gasteiger charge is 2.24. The van der Waals surface area contributed by atoms with E-state index in [4.69, 9.17) is 0 Å². The summed E-state index contributed by atoms with van der Waals surface area (Å²) < 4.78 is 1.95. The molecule has 0 radical (unpaired) electrons. The van der Waals surface area contributed by atoms with Crippen LogP contribution in [0.25, 0.3) is 5.00 Å². The molecule has 0 fully saturated rings. The normalized spacial score (nSPS) is 13.3. The third-order valence-corrected chi connectivity index (χ3v) is 6.46. The molecule has 1 N–H and O–H groups in total. The molecule has 6 heteroatoms. The molecule has 4 rings (SSSR count). The maximum absolute atomic E-state index is 12.9. The standard InChI is InChI=1S/C22H23N3O2S/c1-15-16(2)28-22(24-11-5-6-12-24)20(15)21(27)23-14-19(26)25-13-7-9-17-8-3-4-10-18(17)25/h3-6,8,10-12H,7,9,13-14H2,1-2H3,(H,23,27). The van der Waals surface area contributed by atoms with Gasteiger partial charge in [-0.15, -0.1) is 11.3 Å². The number of benzene rings is 1. The van der Waals surface area contributed by atoms with E-state index >= 15 is 0 Å². The summed E-state index contributed by atoms with van der Waals surface area (Å²) in [6, 6.07) is 11.9. The van der Waals surface area contributed by atoms with Gasteiger partial charge in [0.1, 0.15) is 5.00 Å². The van der Waals surface area contributed by atoms with Crippen molar-refractivity contribution in [3.05, 3.63) is 70.4 Å². The maximum Gasteiger partial charge on any atom is 0.255 e. The minimum Gasteiger partial charge on any atom is -0.343 e. The Kier molecular flexibility index (Phi) is 5.05. The molecule has 3 heterocycles. The first kappa shape index (κ1) is 18.5. The molecule has 3 aromatic rings. The largest absolute Gasteiger partial charge is 0.343 e. The van der Waals surface area contributed by atoms with Crippen molar-refractivity contribution in [1.29, 1.82) is 0 Å². The lowest BCUT2D eigenvalue weighted by Gasteiger charge is -2.29. The van der Waals surface area contributed by atoms with E-state index in [0.29, 0.717) is 12.1 Å². The van der Waals surface area contributed by atoms with E-state index in [1.54, 1.807) is 16.2 Å². The maximum atomic E-state index is 12.9. The second kappa shape index (κ2) is 7.64. The highest BCUT2D eigenvalue weighted by molar-refractivity contribution is 7.15. The van der Waals surface area contributed by atoms with Crippen LogP contribution in [0.1, 0.15) is 32.8 Å². The van der Waals surface area contributed by atoms with Crippen LogP contribution in [0.3, 0.4) is 0 Å². The summed E-state index contributed by atoms with van der Waals surface area (Å²) in [5.74, 6) is -0.281. The molecule has 1 aromatic carbocycles. The topological polar surface area (TPSA) is 54.3 Å². The van der Waals surface area contributed by atoms with Gasteiger partial charge < -0.3 is 14.8 Å². The molecule has 2 aromatic heterocycles. The van der Waals surface area contributed by atoms with Crippen LogP contribution in [0.15, 0.2) is 48.8 Å². The number of thiophene rings is 1. The summed E-state index contributed by atoms with van der Waals surface area (Å²) in [6.07, 6.45) is 5.78. The number of aromatic nitrogens is 1. The van der Waals surface area contributed by atoms with E-state index in [0.717, 1.165) is 34.0 Å². The molecule has 144 valence electrons. The monoisotopic (exact) mass is 393 g/mol. The van der Waals surface area contributed by atoms with Gasteiger partial charge in [-0.1, -0.05) is 18.2 Å². The molecular formula is C22H23N3O2S. The van der Waals surface area contributed by atoms with Crippen LogP contribution >= 0.6 is 11.3 Å². The number of nitrogens with one attached hydrogen (secondary N) is 1. The van der Waals surface area contributed by atoms with Gasteiger partial charge in [0.2, 0.25) is 5.91 Å². The number of rotatable bonds is 4. The summed E-state index contributed by atoms with van der Waals surface area (Å²) in [4.78, 5) is 28.6. The number of amides is 2. The van der Waals surface area contributed by atoms with Gasteiger partial charge in [0.25, 0.3) is 5.91 Å². The van der Waals surface area contributed by atoms with Gasteiger partial charge in [-0.25, -0.2) is 0 Å². The van der Waals surface area contributed by atoms with Crippen molar-refractivity contribution in [2.75, 3.05) is 18.0 Å². The molecule has 0 spiro atoms. The molecule has 28 heavy (non-hydrogen) atoms. The first-order chi connectivity index (χ1) is 13.6. The zero-order valence-electron chi connectivity index (χ0n) is 16.1. The van der Waals surface area contributed by atoms with Gasteiger partial charge in [0.15, 0.2) is 0 Å². The smallest absolute Gasteiger partial charge is 0.255 e. The van der Waals surface area contributed by atoms with Crippen LogP contribution in [0.4, 0.5) is 5.69 Å². The zero-order chi connectivity index (χ0) is 19.7. The molecule has 0 saturated carbocycles. The lowest BCUT2D eigenvalue weighted by atomic mass is 10.0. The van der Waals surface area contributed by atoms with Crippen LogP contribution in [0.2, 0.25) is 0 Å². The van der Waals surface area contributed by atoms with Gasteiger partial charge in [-0.2, -0.15) is 0 Å². The summed E-state index contributed by atoms with van der Waals surface area (Å²) >= 11 is 1.59. The van der Waals surface area contributed by atoms with E-state index in [2.05, 4.69) is 11.4 Å². The van der Waals surface area contributed by atoms with E-state index in [-0.39, 0.29) is 18.4 Å². The molecule has 0 unspecified atom stereocenters. The first-order valence-electron chi connectivity index (χ1n) is 9.46. The number of anilines is 1. The van der Waals surface area contributed by atoms with Crippen molar-refractivity contribution in [3.8, 4) is 5.00 Å². The van der Waals surface area contributed by atoms with Crippen LogP contribution in [0.5, 0.6) is 0 Å². The molecule has 0 atom stereocenters. The second-order valence-corrected chi connectivity index (χ2v) is 8.22. The van der Waals surface area contributed by atoms with Crippen molar-refractivity contribution in [1.82, 2.24) is 9.88 Å².